The van der Waals surface area contributed by atoms with Gasteiger partial charge in [0.15, 0.2) is 0 Å². The summed E-state index contributed by atoms with van der Waals surface area (Å²) in [6.45, 7) is 4.04. The van der Waals surface area contributed by atoms with E-state index in [1.54, 1.807) is 10.9 Å². The van der Waals surface area contributed by atoms with Gasteiger partial charge in [-0.15, -0.1) is 0 Å². The summed E-state index contributed by atoms with van der Waals surface area (Å²) in [5, 5.41) is 4.21. The molecule has 2 heterocycles. The zero-order valence-electron chi connectivity index (χ0n) is 13.8. The van der Waals surface area contributed by atoms with Crippen LogP contribution in [0.15, 0.2) is 47.6 Å². The number of ether oxygens (including phenoxy) is 1. The number of hydrogen-bond acceptors (Lipinski definition) is 4. The second kappa shape index (κ2) is 7.46. The fourth-order valence-corrected chi connectivity index (χ4v) is 4.44. The van der Waals surface area contributed by atoms with Gasteiger partial charge in [-0.05, 0) is 25.3 Å². The molecule has 0 N–H and O–H groups in total. The van der Waals surface area contributed by atoms with Gasteiger partial charge in [-0.1, -0.05) is 30.3 Å². The third kappa shape index (κ3) is 3.85. The minimum Gasteiger partial charge on any atom is -0.377 e. The molecule has 6 nitrogen and oxygen atoms in total. The topological polar surface area (TPSA) is 64.4 Å². The molecule has 0 spiro atoms. The van der Waals surface area contributed by atoms with Gasteiger partial charge in [0.1, 0.15) is 4.90 Å². The third-order valence-electron chi connectivity index (χ3n) is 4.18. The monoisotopic (exact) mass is 349 g/mol. The van der Waals surface area contributed by atoms with Crippen LogP contribution in [0.1, 0.15) is 25.3 Å². The second-order valence-corrected chi connectivity index (χ2v) is 7.88. The Balaban J connectivity index is 1.73. The number of sulfonamides is 1. The van der Waals surface area contributed by atoms with Crippen molar-refractivity contribution in [2.45, 2.75) is 37.3 Å². The van der Waals surface area contributed by atoms with Gasteiger partial charge in [-0.25, -0.2) is 8.42 Å². The van der Waals surface area contributed by atoms with Crippen LogP contribution in [0.2, 0.25) is 0 Å². The quantitative estimate of drug-likeness (QED) is 0.801. The Hall–Kier alpha value is -1.70. The number of rotatable bonds is 6. The molecule has 130 valence electrons. The molecule has 1 aromatic heterocycles. The molecule has 24 heavy (non-hydrogen) atoms. The molecule has 0 radical (unpaired) electrons. The number of aromatic nitrogens is 2. The van der Waals surface area contributed by atoms with Crippen molar-refractivity contribution in [2.75, 3.05) is 19.7 Å². The highest BCUT2D eigenvalue weighted by Gasteiger charge is 2.31. The van der Waals surface area contributed by atoms with E-state index in [-0.39, 0.29) is 11.0 Å². The van der Waals surface area contributed by atoms with Crippen molar-refractivity contribution >= 4 is 10.0 Å². The number of hydrogen-bond donors (Lipinski definition) is 0. The van der Waals surface area contributed by atoms with Crippen LogP contribution in [0.5, 0.6) is 0 Å². The van der Waals surface area contributed by atoms with Crippen molar-refractivity contribution in [1.82, 2.24) is 14.1 Å². The molecule has 0 bridgehead atoms. The van der Waals surface area contributed by atoms with E-state index in [9.17, 15) is 8.42 Å². The molecular formula is C17H23N3O3S. The van der Waals surface area contributed by atoms with Crippen molar-refractivity contribution < 1.29 is 13.2 Å². The molecule has 0 amide bonds. The predicted molar refractivity (Wildman–Crippen MR) is 91.2 cm³/mol. The Morgan fingerprint density at radius 1 is 1.29 bits per heavy atom. The molecule has 1 unspecified atom stereocenters. The summed E-state index contributed by atoms with van der Waals surface area (Å²) in [7, 11) is -3.51. The van der Waals surface area contributed by atoms with E-state index in [0.29, 0.717) is 26.2 Å². The van der Waals surface area contributed by atoms with Gasteiger partial charge in [0, 0.05) is 25.9 Å². The van der Waals surface area contributed by atoms with E-state index in [1.165, 1.54) is 10.5 Å². The van der Waals surface area contributed by atoms with Crippen molar-refractivity contribution in [3.63, 3.8) is 0 Å². The van der Waals surface area contributed by atoms with Gasteiger partial charge in [0.2, 0.25) is 10.0 Å². The van der Waals surface area contributed by atoms with E-state index in [1.807, 2.05) is 37.3 Å². The number of piperidine rings is 1. The van der Waals surface area contributed by atoms with Crippen molar-refractivity contribution in [1.29, 1.82) is 0 Å². The number of benzene rings is 1. The fraction of sp³-hybridized carbons (Fsp3) is 0.471. The third-order valence-corrected chi connectivity index (χ3v) is 6.00. The molecule has 3 rings (SSSR count). The lowest BCUT2D eigenvalue weighted by molar-refractivity contribution is 0.0265. The average Bonchev–Trinajstić information content (AvgIpc) is 3.06. The second-order valence-electron chi connectivity index (χ2n) is 5.94. The average molecular weight is 349 g/mol. The highest BCUT2D eigenvalue weighted by atomic mass is 32.2. The van der Waals surface area contributed by atoms with Gasteiger partial charge < -0.3 is 4.74 Å². The summed E-state index contributed by atoms with van der Waals surface area (Å²) < 4.78 is 34.4. The summed E-state index contributed by atoms with van der Waals surface area (Å²) in [5.41, 5.74) is 1.08. The molecule has 0 saturated carbocycles. The lowest BCUT2D eigenvalue weighted by Crippen LogP contribution is -2.43. The van der Waals surface area contributed by atoms with E-state index >= 15 is 0 Å². The fourth-order valence-electron chi connectivity index (χ4n) is 2.98. The molecule has 1 saturated heterocycles. The van der Waals surface area contributed by atoms with Gasteiger partial charge in [-0.2, -0.15) is 9.40 Å². The first-order valence-electron chi connectivity index (χ1n) is 8.27. The van der Waals surface area contributed by atoms with Crippen LogP contribution in [0.25, 0.3) is 0 Å². The van der Waals surface area contributed by atoms with Crippen LogP contribution in [0.3, 0.4) is 0 Å². The summed E-state index contributed by atoms with van der Waals surface area (Å²) in [6.07, 6.45) is 4.75. The van der Waals surface area contributed by atoms with Crippen LogP contribution < -0.4 is 0 Å². The molecule has 2 aromatic rings. The molecule has 0 aliphatic carbocycles. The van der Waals surface area contributed by atoms with Gasteiger partial charge in [0.25, 0.3) is 0 Å². The molecular weight excluding hydrogens is 326 g/mol. The van der Waals surface area contributed by atoms with E-state index in [4.69, 9.17) is 4.74 Å². The minimum atomic E-state index is -3.51. The minimum absolute atomic E-state index is 0.0158. The molecule has 7 heteroatoms. The largest absolute Gasteiger partial charge is 0.377 e. The first kappa shape index (κ1) is 17.1. The van der Waals surface area contributed by atoms with Crippen LogP contribution in [-0.2, 0) is 21.3 Å². The van der Waals surface area contributed by atoms with Gasteiger partial charge >= 0.3 is 0 Å². The van der Waals surface area contributed by atoms with Gasteiger partial charge in [0.05, 0.1) is 18.8 Å². The van der Waals surface area contributed by atoms with E-state index in [2.05, 4.69) is 5.10 Å². The Kier molecular flexibility index (Phi) is 5.33. The Bertz CT molecular complexity index is 756. The summed E-state index contributed by atoms with van der Waals surface area (Å²) in [4.78, 5) is 0.246. The number of nitrogens with zero attached hydrogens (tertiary/aromatic N) is 3. The highest BCUT2D eigenvalue weighted by Crippen LogP contribution is 2.22. The Labute approximate surface area is 143 Å². The first-order chi connectivity index (χ1) is 11.6. The summed E-state index contributed by atoms with van der Waals surface area (Å²) in [5.74, 6) is 0. The molecule has 1 fully saturated rings. The van der Waals surface area contributed by atoms with Crippen LogP contribution in [-0.4, -0.2) is 48.3 Å². The van der Waals surface area contributed by atoms with E-state index in [0.717, 1.165) is 18.4 Å². The maximum absolute atomic E-state index is 12.8. The lowest BCUT2D eigenvalue weighted by Gasteiger charge is -2.31. The van der Waals surface area contributed by atoms with Crippen LogP contribution in [0, 0.1) is 0 Å². The van der Waals surface area contributed by atoms with Crippen LogP contribution in [0.4, 0.5) is 0 Å². The smallest absolute Gasteiger partial charge is 0.246 e. The van der Waals surface area contributed by atoms with E-state index < -0.39 is 10.0 Å². The van der Waals surface area contributed by atoms with Gasteiger partial charge in [-0.3, -0.25) is 4.68 Å². The molecule has 1 aliphatic heterocycles. The molecule has 1 aliphatic rings. The summed E-state index contributed by atoms with van der Waals surface area (Å²) >= 11 is 0. The first-order valence-corrected chi connectivity index (χ1v) is 9.71. The predicted octanol–water partition coefficient (Wildman–Crippen LogP) is 2.12. The zero-order chi connectivity index (χ0) is 17.0. The zero-order valence-corrected chi connectivity index (χ0v) is 14.7. The SMILES string of the molecule is CCOC1CCCN(S(=O)(=O)c2cnn(Cc3ccccc3)c2)C1. The van der Waals surface area contributed by atoms with Crippen molar-refractivity contribution in [3.8, 4) is 0 Å². The standard InChI is InChI=1S/C17H23N3O3S/c1-2-23-16-9-6-10-20(13-16)24(21,22)17-11-18-19(14-17)12-15-7-4-3-5-8-15/h3-5,7-8,11,14,16H,2,6,9-10,12-13H2,1H3. The normalized spacial score (nSPS) is 19.5. The van der Waals surface area contributed by atoms with Crippen LogP contribution >= 0.6 is 0 Å². The lowest BCUT2D eigenvalue weighted by atomic mass is 10.1. The highest BCUT2D eigenvalue weighted by molar-refractivity contribution is 7.89. The molecule has 1 aromatic carbocycles. The molecule has 1 atom stereocenters. The van der Waals surface area contributed by atoms with Crippen molar-refractivity contribution in [2.24, 2.45) is 0 Å². The van der Waals surface area contributed by atoms with Crippen molar-refractivity contribution in [3.05, 3.63) is 48.3 Å². The maximum Gasteiger partial charge on any atom is 0.246 e. The maximum atomic E-state index is 12.8. The Morgan fingerprint density at radius 2 is 2.08 bits per heavy atom. The Morgan fingerprint density at radius 3 is 2.83 bits per heavy atom. The summed E-state index contributed by atoms with van der Waals surface area (Å²) in [6, 6.07) is 9.85.